The van der Waals surface area contributed by atoms with E-state index in [0.29, 0.717) is 0 Å². The predicted octanol–water partition coefficient (Wildman–Crippen LogP) is 8.17. The van der Waals surface area contributed by atoms with Gasteiger partial charge in [-0.3, -0.25) is 0 Å². The molecule has 2 aliphatic rings. The van der Waals surface area contributed by atoms with Crippen molar-refractivity contribution in [2.75, 3.05) is 0 Å². The first-order valence-electron chi connectivity index (χ1n) is 21.4. The summed E-state index contributed by atoms with van der Waals surface area (Å²) in [5.41, 5.74) is 22.6. The molecule has 60 heavy (non-hydrogen) atoms. The molecule has 0 N–H and O–H groups in total. The zero-order valence-electron chi connectivity index (χ0n) is 37.3. The van der Waals surface area contributed by atoms with Gasteiger partial charge in [0.1, 0.15) is 0 Å². The zero-order valence-corrected chi connectivity index (χ0v) is 41.3. The van der Waals surface area contributed by atoms with E-state index >= 15 is 0 Å². The van der Waals surface area contributed by atoms with E-state index in [0.717, 1.165) is 25.7 Å². The number of allylic oxidation sites excluding steroid dienone is 4. The largest absolute Gasteiger partial charge is 1.00 e. The van der Waals surface area contributed by atoms with Gasteiger partial charge in [-0.1, -0.05) is 0 Å². The second-order valence-corrected chi connectivity index (χ2v) is 25.7. The van der Waals surface area contributed by atoms with Gasteiger partial charge in [-0.15, -0.1) is 0 Å². The fraction of sp³-hybridized carbons (Fsp3) is 0.281. The number of rotatable bonds is 8. The Kier molecular flexibility index (Phi) is 13.9. The van der Waals surface area contributed by atoms with Crippen molar-refractivity contribution in [3.8, 4) is 33.4 Å². The van der Waals surface area contributed by atoms with E-state index in [1.54, 1.807) is 15.3 Å². The Morgan fingerprint density at radius 3 is 1.53 bits per heavy atom. The molecule has 2 aliphatic carbocycles. The third kappa shape index (κ3) is 9.46. The molecule has 0 spiro atoms. The summed E-state index contributed by atoms with van der Waals surface area (Å²) in [6.07, 6.45) is 11.4. The standard InChI is InChI=1S/C37H41.C15H14.C5H5.2ClH.Zr/c1-22-11-23(2)14-26(13-22)32-18-28-17-29-19-33(27-15-24(3)12-25(4)16-27)35(37(8,9)10)21-31(29)30(28)20-34(32)36(5,6)7;1-3-8-14(9-4-1)12-7-13-15-10-5-2-6-11-15;1-2-4-5-3-1;;;/h11-16,18,20-21H,17H2,1-10H3;1-6,8-11H,12-13H2;1-3H,4H2;2*1H;/q;;;;;+2/p-2. The Bertz CT molecular complexity index is 2560. The van der Waals surface area contributed by atoms with E-state index in [9.17, 15) is 0 Å². The first kappa shape index (κ1) is 45.7. The minimum absolute atomic E-state index is 0. The van der Waals surface area contributed by atoms with Gasteiger partial charge in [0.2, 0.25) is 0 Å². The minimum Gasteiger partial charge on any atom is -1.00 e. The van der Waals surface area contributed by atoms with Gasteiger partial charge in [-0.05, 0) is 0 Å². The molecule has 8 rings (SSSR count). The van der Waals surface area contributed by atoms with Crippen LogP contribution in [-0.4, -0.2) is 3.21 Å². The van der Waals surface area contributed by atoms with Crippen molar-refractivity contribution >= 4 is 6.48 Å². The minimum atomic E-state index is -2.93. The predicted molar refractivity (Wildman–Crippen MR) is 249 cm³/mol. The molecule has 6 aromatic rings. The zero-order chi connectivity index (χ0) is 40.9. The van der Waals surface area contributed by atoms with E-state index in [4.69, 9.17) is 0 Å². The third-order valence-electron chi connectivity index (χ3n) is 12.2. The van der Waals surface area contributed by atoms with Gasteiger partial charge in [0.05, 0.1) is 0 Å². The molecule has 0 radical (unpaired) electrons. The topological polar surface area (TPSA) is 0 Å². The fourth-order valence-corrected chi connectivity index (χ4v) is 18.5. The van der Waals surface area contributed by atoms with Crippen LogP contribution in [0, 0.1) is 27.7 Å². The van der Waals surface area contributed by atoms with Crippen molar-refractivity contribution < 1.29 is 46.1 Å². The Balaban J connectivity index is 0.00000302. The monoisotopic (exact) mass is 904 g/mol. The Morgan fingerprint density at radius 1 is 0.550 bits per heavy atom. The molecule has 0 saturated carbocycles. The average molecular weight is 907 g/mol. The van der Waals surface area contributed by atoms with Crippen molar-refractivity contribution in [1.29, 1.82) is 0 Å². The molecular weight excluding hydrogens is 847 g/mol. The van der Waals surface area contributed by atoms with Crippen molar-refractivity contribution in [3.63, 3.8) is 0 Å². The van der Waals surface area contributed by atoms with E-state index in [2.05, 4.69) is 203 Å². The maximum absolute atomic E-state index is 2.93. The van der Waals surface area contributed by atoms with Crippen molar-refractivity contribution in [2.45, 2.75) is 106 Å². The van der Waals surface area contributed by atoms with Gasteiger partial charge in [0.25, 0.3) is 0 Å². The normalized spacial score (nSPS) is 12.8. The number of aryl methyl sites for hydroxylation is 4. The molecule has 306 valence electrons. The maximum Gasteiger partial charge on any atom is -1.00 e. The van der Waals surface area contributed by atoms with Gasteiger partial charge in [-0.25, -0.2) is 0 Å². The van der Waals surface area contributed by atoms with Crippen LogP contribution in [0.5, 0.6) is 0 Å². The molecule has 0 aliphatic heterocycles. The summed E-state index contributed by atoms with van der Waals surface area (Å²) in [7, 11) is 0. The quantitative estimate of drug-likeness (QED) is 0.145. The van der Waals surface area contributed by atoms with Gasteiger partial charge >= 0.3 is 359 Å². The second kappa shape index (κ2) is 18.2. The molecule has 0 unspecified atom stereocenters. The molecular formula is C57H60Cl2Zr. The number of hydrogen-bond acceptors (Lipinski definition) is 0. The van der Waals surface area contributed by atoms with Crippen LogP contribution in [0.25, 0.3) is 33.4 Å². The summed E-state index contributed by atoms with van der Waals surface area (Å²) < 4.78 is 5.18. The van der Waals surface area contributed by atoms with Crippen LogP contribution in [0.2, 0.25) is 0 Å². The fourth-order valence-electron chi connectivity index (χ4n) is 9.78. The summed E-state index contributed by atoms with van der Waals surface area (Å²) in [5, 5.41) is 0. The Labute approximate surface area is 381 Å². The van der Waals surface area contributed by atoms with E-state index in [-0.39, 0.29) is 35.6 Å². The molecule has 0 bridgehead atoms. The number of benzene rings is 6. The van der Waals surface area contributed by atoms with Crippen molar-refractivity contribution in [3.05, 3.63) is 192 Å². The summed E-state index contributed by atoms with van der Waals surface area (Å²) in [4.78, 5) is 0. The van der Waals surface area contributed by atoms with Crippen LogP contribution in [0.15, 0.2) is 137 Å². The number of halogens is 2. The van der Waals surface area contributed by atoms with Crippen LogP contribution in [0.1, 0.15) is 104 Å². The first-order valence-corrected chi connectivity index (χ1v) is 25.0. The molecule has 6 aromatic carbocycles. The van der Waals surface area contributed by atoms with Gasteiger partial charge < -0.3 is 24.8 Å². The first-order chi connectivity index (χ1) is 27.6. The van der Waals surface area contributed by atoms with Crippen molar-refractivity contribution in [2.24, 2.45) is 0 Å². The second-order valence-electron chi connectivity index (χ2n) is 19.3. The van der Waals surface area contributed by atoms with E-state index in [1.807, 2.05) is 0 Å². The Hall–Kier alpha value is -3.87. The van der Waals surface area contributed by atoms with E-state index < -0.39 is 21.3 Å². The van der Waals surface area contributed by atoms with Crippen LogP contribution in [0.3, 0.4) is 0 Å². The van der Waals surface area contributed by atoms with Crippen molar-refractivity contribution in [1.82, 2.24) is 0 Å². The summed E-state index contributed by atoms with van der Waals surface area (Å²) in [6.45, 7) is 23.6. The molecule has 0 amide bonds. The van der Waals surface area contributed by atoms with Crippen LogP contribution in [0.4, 0.5) is 0 Å². The summed E-state index contributed by atoms with van der Waals surface area (Å²) in [5.74, 6) is 0. The Morgan fingerprint density at radius 2 is 1.05 bits per heavy atom. The number of hydrogen-bond donors (Lipinski definition) is 0. The third-order valence-corrected chi connectivity index (χ3v) is 19.9. The molecule has 3 heteroatoms. The van der Waals surface area contributed by atoms with Crippen LogP contribution >= 0.6 is 0 Å². The van der Waals surface area contributed by atoms with E-state index in [1.165, 1.54) is 83.5 Å². The maximum atomic E-state index is 2.65. The molecule has 0 heterocycles. The van der Waals surface area contributed by atoms with Crippen LogP contribution < -0.4 is 28.1 Å². The smallest absolute Gasteiger partial charge is 1.00 e. The summed E-state index contributed by atoms with van der Waals surface area (Å²) >= 11 is -2.93. The SMILES string of the molecule is Cc1cc(C)cc(-c2cc3c(cc2C(C)(C)C)-c2cc(C(C)(C)C)c(-c4cc(C)cc(C)c4)[c]([Zr+2]([C]4=CC=CC4)=[C](Cc4ccccc4)Cc4ccccc4)c2C3)c1.[Cl-].[Cl-]. The number of fused-ring (bicyclic) bond motifs is 3. The molecule has 0 saturated heterocycles. The summed E-state index contributed by atoms with van der Waals surface area (Å²) in [6, 6.07) is 44.9. The molecule has 0 aromatic heterocycles. The van der Waals surface area contributed by atoms with Crippen LogP contribution in [-0.2, 0) is 51.4 Å². The molecule has 0 atom stereocenters. The molecule has 0 nitrogen and oxygen atoms in total. The average Bonchev–Trinajstić information content (AvgIpc) is 3.82. The molecule has 0 fully saturated rings. The van der Waals surface area contributed by atoms with Gasteiger partial charge in [0, 0.05) is 0 Å². The van der Waals surface area contributed by atoms with Gasteiger partial charge in [0.15, 0.2) is 0 Å². The van der Waals surface area contributed by atoms with Gasteiger partial charge in [-0.2, -0.15) is 0 Å².